The monoisotopic (exact) mass is 283 g/mol. The molecule has 4 rings (SSSR count). The first-order valence-corrected chi connectivity index (χ1v) is 7.96. The molecule has 5 nitrogen and oxygen atoms in total. The van der Waals surface area contributed by atoms with Gasteiger partial charge in [-0.25, -0.2) is 9.97 Å². The summed E-state index contributed by atoms with van der Waals surface area (Å²) in [6.45, 7) is 3.39. The molecule has 2 saturated heterocycles. The summed E-state index contributed by atoms with van der Waals surface area (Å²) < 4.78 is 0. The van der Waals surface area contributed by atoms with Crippen molar-refractivity contribution < 1.29 is 0 Å². The first kappa shape index (κ1) is 13.0. The first-order chi connectivity index (χ1) is 10.4. The van der Waals surface area contributed by atoms with E-state index in [-0.39, 0.29) is 0 Å². The summed E-state index contributed by atoms with van der Waals surface area (Å²) in [5, 5.41) is 3.66. The molecule has 2 aliphatic heterocycles. The molecule has 0 bridgehead atoms. The minimum atomic E-state index is 0.702. The second-order valence-corrected chi connectivity index (χ2v) is 6.12. The van der Waals surface area contributed by atoms with Crippen molar-refractivity contribution in [1.82, 2.24) is 20.3 Å². The van der Waals surface area contributed by atoms with Gasteiger partial charge in [-0.05, 0) is 50.3 Å². The summed E-state index contributed by atoms with van der Waals surface area (Å²) in [6.07, 6.45) is 8.66. The average molecular weight is 283 g/mol. The Hall–Kier alpha value is -1.75. The predicted molar refractivity (Wildman–Crippen MR) is 83.3 cm³/mol. The number of anilines is 1. The van der Waals surface area contributed by atoms with Crippen LogP contribution in [0, 0.1) is 5.92 Å². The predicted octanol–water partition coefficient (Wildman–Crippen LogP) is 1.99. The highest BCUT2D eigenvalue weighted by Gasteiger charge is 2.29. The van der Waals surface area contributed by atoms with Gasteiger partial charge in [0.15, 0.2) is 5.65 Å². The van der Waals surface area contributed by atoms with E-state index >= 15 is 0 Å². The van der Waals surface area contributed by atoms with Gasteiger partial charge >= 0.3 is 0 Å². The average Bonchev–Trinajstić information content (AvgIpc) is 3.09. The van der Waals surface area contributed by atoms with Crippen molar-refractivity contribution >= 4 is 17.0 Å². The molecule has 21 heavy (non-hydrogen) atoms. The highest BCUT2D eigenvalue weighted by Crippen LogP contribution is 2.27. The standard InChI is InChI=1S/C16H21N5/c1-4-13(17-7-1)12-3-2-10-21(11-12)15-6-5-14-16(20-15)19-9-8-18-14/h5-6,8-9,12-13,17H,1-4,7,10-11H2. The minimum Gasteiger partial charge on any atom is -0.356 e. The molecule has 1 N–H and O–H groups in total. The molecule has 0 spiro atoms. The van der Waals surface area contributed by atoms with Crippen molar-refractivity contribution in [3.63, 3.8) is 0 Å². The summed E-state index contributed by atoms with van der Waals surface area (Å²) in [7, 11) is 0. The number of rotatable bonds is 2. The highest BCUT2D eigenvalue weighted by molar-refractivity contribution is 5.71. The lowest BCUT2D eigenvalue weighted by Crippen LogP contribution is -2.43. The van der Waals surface area contributed by atoms with E-state index in [1.165, 1.54) is 32.2 Å². The molecule has 4 heterocycles. The van der Waals surface area contributed by atoms with Gasteiger partial charge in [0.05, 0.1) is 0 Å². The van der Waals surface area contributed by atoms with Gasteiger partial charge in [0.25, 0.3) is 0 Å². The Morgan fingerprint density at radius 2 is 2.05 bits per heavy atom. The van der Waals surface area contributed by atoms with Gasteiger partial charge in [-0.1, -0.05) is 0 Å². The SMILES string of the molecule is c1cnc2nc(N3CCCC(C4CCCN4)C3)ccc2n1. The van der Waals surface area contributed by atoms with Crippen LogP contribution >= 0.6 is 0 Å². The maximum atomic E-state index is 4.69. The number of hydrogen-bond acceptors (Lipinski definition) is 5. The van der Waals surface area contributed by atoms with E-state index in [2.05, 4.69) is 26.3 Å². The van der Waals surface area contributed by atoms with Crippen LogP contribution in [-0.2, 0) is 0 Å². The van der Waals surface area contributed by atoms with Gasteiger partial charge in [0, 0.05) is 31.5 Å². The van der Waals surface area contributed by atoms with Crippen LogP contribution in [0.3, 0.4) is 0 Å². The van der Waals surface area contributed by atoms with E-state index < -0.39 is 0 Å². The highest BCUT2D eigenvalue weighted by atomic mass is 15.2. The van der Waals surface area contributed by atoms with Crippen LogP contribution in [0.25, 0.3) is 11.2 Å². The van der Waals surface area contributed by atoms with Crippen LogP contribution < -0.4 is 10.2 Å². The third-order valence-corrected chi connectivity index (χ3v) is 4.77. The van der Waals surface area contributed by atoms with Crippen LogP contribution in [0.1, 0.15) is 25.7 Å². The van der Waals surface area contributed by atoms with Crippen LogP contribution in [0.2, 0.25) is 0 Å². The lowest BCUT2D eigenvalue weighted by molar-refractivity contribution is 0.328. The van der Waals surface area contributed by atoms with Crippen molar-refractivity contribution in [1.29, 1.82) is 0 Å². The van der Waals surface area contributed by atoms with Crippen LogP contribution in [-0.4, -0.2) is 40.6 Å². The Bertz CT molecular complexity index is 623. The van der Waals surface area contributed by atoms with E-state index in [4.69, 9.17) is 4.98 Å². The van der Waals surface area contributed by atoms with Crippen LogP contribution in [0.4, 0.5) is 5.82 Å². The molecule has 2 unspecified atom stereocenters. The van der Waals surface area contributed by atoms with Crippen molar-refractivity contribution in [2.24, 2.45) is 5.92 Å². The van der Waals surface area contributed by atoms with Gasteiger partial charge in [0.2, 0.25) is 0 Å². The molecule has 0 aromatic carbocycles. The number of nitrogens with zero attached hydrogens (tertiary/aromatic N) is 4. The molecule has 2 aromatic rings. The molecule has 2 aliphatic rings. The quantitative estimate of drug-likeness (QED) is 0.913. The maximum Gasteiger partial charge on any atom is 0.180 e. The topological polar surface area (TPSA) is 53.9 Å². The zero-order chi connectivity index (χ0) is 14.1. The summed E-state index contributed by atoms with van der Waals surface area (Å²) in [5.74, 6) is 1.80. The number of piperidine rings is 1. The minimum absolute atomic E-state index is 0.702. The first-order valence-electron chi connectivity index (χ1n) is 7.96. The summed E-state index contributed by atoms with van der Waals surface area (Å²) in [4.78, 5) is 15.7. The second kappa shape index (κ2) is 5.56. The van der Waals surface area contributed by atoms with Crippen LogP contribution in [0.5, 0.6) is 0 Å². The van der Waals surface area contributed by atoms with E-state index in [9.17, 15) is 0 Å². The lowest BCUT2D eigenvalue weighted by Gasteiger charge is -2.36. The van der Waals surface area contributed by atoms with Gasteiger partial charge in [-0.15, -0.1) is 0 Å². The van der Waals surface area contributed by atoms with Crippen molar-refractivity contribution in [3.05, 3.63) is 24.5 Å². The second-order valence-electron chi connectivity index (χ2n) is 6.12. The van der Waals surface area contributed by atoms with Gasteiger partial charge < -0.3 is 10.2 Å². The number of fused-ring (bicyclic) bond motifs is 1. The summed E-state index contributed by atoms with van der Waals surface area (Å²) in [5.41, 5.74) is 1.61. The molecule has 0 aliphatic carbocycles. The Morgan fingerprint density at radius 3 is 2.95 bits per heavy atom. The number of nitrogens with one attached hydrogen (secondary N) is 1. The fraction of sp³-hybridized carbons (Fsp3) is 0.562. The lowest BCUT2D eigenvalue weighted by atomic mass is 9.90. The van der Waals surface area contributed by atoms with Gasteiger partial charge in [-0.3, -0.25) is 4.98 Å². The molecule has 2 atom stereocenters. The molecule has 5 heteroatoms. The fourth-order valence-corrected chi connectivity index (χ4v) is 3.68. The van der Waals surface area contributed by atoms with Crippen LogP contribution in [0.15, 0.2) is 24.5 Å². The normalized spacial score (nSPS) is 26.4. The van der Waals surface area contributed by atoms with Gasteiger partial charge in [0.1, 0.15) is 11.3 Å². The Morgan fingerprint density at radius 1 is 1.10 bits per heavy atom. The Labute approximate surface area is 124 Å². The third kappa shape index (κ3) is 2.58. The number of pyridine rings is 1. The number of hydrogen-bond donors (Lipinski definition) is 1. The molecule has 0 radical (unpaired) electrons. The van der Waals surface area contributed by atoms with E-state index in [0.29, 0.717) is 6.04 Å². The Balaban J connectivity index is 1.56. The molecule has 0 amide bonds. The molecule has 2 fully saturated rings. The molecular weight excluding hydrogens is 262 g/mol. The van der Waals surface area contributed by atoms with E-state index in [0.717, 1.165) is 36.0 Å². The van der Waals surface area contributed by atoms with Gasteiger partial charge in [-0.2, -0.15) is 0 Å². The molecule has 2 aromatic heterocycles. The number of aromatic nitrogens is 3. The molecule has 110 valence electrons. The fourth-order valence-electron chi connectivity index (χ4n) is 3.68. The van der Waals surface area contributed by atoms with Crippen molar-refractivity contribution in [3.8, 4) is 0 Å². The maximum absolute atomic E-state index is 4.69. The summed E-state index contributed by atoms with van der Waals surface area (Å²) in [6, 6.07) is 4.82. The van der Waals surface area contributed by atoms with E-state index in [1.807, 2.05) is 6.07 Å². The largest absolute Gasteiger partial charge is 0.356 e. The smallest absolute Gasteiger partial charge is 0.180 e. The summed E-state index contributed by atoms with van der Waals surface area (Å²) >= 11 is 0. The third-order valence-electron chi connectivity index (χ3n) is 4.77. The van der Waals surface area contributed by atoms with Crippen molar-refractivity contribution in [2.75, 3.05) is 24.5 Å². The van der Waals surface area contributed by atoms with Crippen molar-refractivity contribution in [2.45, 2.75) is 31.7 Å². The zero-order valence-corrected chi connectivity index (χ0v) is 12.2. The molecular formula is C16H21N5. The zero-order valence-electron chi connectivity index (χ0n) is 12.2. The Kier molecular flexibility index (Phi) is 3.43. The van der Waals surface area contributed by atoms with E-state index in [1.54, 1.807) is 12.4 Å². The molecule has 0 saturated carbocycles.